The van der Waals surface area contributed by atoms with Crippen LogP contribution in [0.1, 0.15) is 0 Å². The molecule has 13 rings (SSSR count). The Labute approximate surface area is 369 Å². The topological polar surface area (TPSA) is 26.2 Å². The van der Waals surface area contributed by atoms with Gasteiger partial charge in [0.15, 0.2) is 0 Å². The maximum Gasteiger partial charge on any atom is 0.135 e. The molecule has 3 aromatic heterocycles. The average Bonchev–Trinajstić information content (AvgIpc) is 4.02. The summed E-state index contributed by atoms with van der Waals surface area (Å²) in [4.78, 5) is 2.30. The number of hydrogen-bond donors (Lipinski definition) is 0. The maximum absolute atomic E-state index is 6.20. The summed E-state index contributed by atoms with van der Waals surface area (Å²) < 4.78 is 11.0. The van der Waals surface area contributed by atoms with Crippen molar-refractivity contribution in [3.05, 3.63) is 237 Å². The summed E-state index contributed by atoms with van der Waals surface area (Å²) >= 11 is 0. The molecule has 300 valence electrons. The summed E-state index contributed by atoms with van der Waals surface area (Å²) in [5.41, 5.74) is 16.8. The first-order valence-corrected chi connectivity index (χ1v) is 21.8. The third-order valence-corrected chi connectivity index (χ3v) is 12.9. The molecule has 0 N–H and O–H groups in total. The van der Waals surface area contributed by atoms with Crippen molar-refractivity contribution in [1.82, 2.24) is 9.13 Å². The van der Waals surface area contributed by atoms with Crippen LogP contribution in [-0.4, -0.2) is 9.13 Å². The van der Waals surface area contributed by atoms with Gasteiger partial charge in [-0.25, -0.2) is 0 Å². The van der Waals surface area contributed by atoms with E-state index in [-0.39, 0.29) is 0 Å². The Balaban J connectivity index is 0.937. The highest BCUT2D eigenvalue weighted by atomic mass is 16.3. The van der Waals surface area contributed by atoms with Gasteiger partial charge in [0.05, 0.1) is 22.1 Å². The van der Waals surface area contributed by atoms with Crippen molar-refractivity contribution in [2.24, 2.45) is 0 Å². The van der Waals surface area contributed by atoms with E-state index in [1.165, 1.54) is 65.9 Å². The van der Waals surface area contributed by atoms with E-state index >= 15 is 0 Å². The van der Waals surface area contributed by atoms with Gasteiger partial charge in [0, 0.05) is 60.8 Å². The average molecular weight is 818 g/mol. The molecule has 10 aromatic carbocycles. The van der Waals surface area contributed by atoms with Crippen molar-refractivity contribution in [3.8, 4) is 33.6 Å². The number of furan rings is 1. The van der Waals surface area contributed by atoms with Crippen molar-refractivity contribution in [1.29, 1.82) is 0 Å². The number of aromatic nitrogens is 2. The third kappa shape index (κ3) is 5.77. The maximum atomic E-state index is 6.20. The summed E-state index contributed by atoms with van der Waals surface area (Å²) in [7, 11) is 0. The van der Waals surface area contributed by atoms with Crippen LogP contribution in [0.25, 0.3) is 99.2 Å². The number of hydrogen-bond acceptors (Lipinski definition) is 2. The second kappa shape index (κ2) is 14.5. The molecule has 0 aliphatic carbocycles. The van der Waals surface area contributed by atoms with Crippen LogP contribution in [-0.2, 0) is 0 Å². The van der Waals surface area contributed by atoms with E-state index in [4.69, 9.17) is 4.42 Å². The highest BCUT2D eigenvalue weighted by molar-refractivity contribution is 6.14. The van der Waals surface area contributed by atoms with Crippen molar-refractivity contribution in [2.45, 2.75) is 0 Å². The van der Waals surface area contributed by atoms with Gasteiger partial charge in [0.1, 0.15) is 11.2 Å². The number of nitrogens with zero attached hydrogens (tertiary/aromatic N) is 3. The minimum absolute atomic E-state index is 0.899. The number of benzene rings is 10. The van der Waals surface area contributed by atoms with Crippen LogP contribution >= 0.6 is 0 Å². The van der Waals surface area contributed by atoms with E-state index in [1.807, 2.05) is 12.1 Å². The zero-order chi connectivity index (χ0) is 42.1. The second-order valence-electron chi connectivity index (χ2n) is 16.6. The van der Waals surface area contributed by atoms with Gasteiger partial charge >= 0.3 is 0 Å². The molecule has 64 heavy (non-hydrogen) atoms. The second-order valence-corrected chi connectivity index (χ2v) is 16.6. The lowest BCUT2D eigenvalue weighted by molar-refractivity contribution is 0.669. The number of fused-ring (bicyclic) bond motifs is 9. The van der Waals surface area contributed by atoms with Crippen molar-refractivity contribution < 1.29 is 4.42 Å². The summed E-state index contributed by atoms with van der Waals surface area (Å²) in [6, 6.07) is 85.2. The zero-order valence-electron chi connectivity index (χ0n) is 34.8. The van der Waals surface area contributed by atoms with Gasteiger partial charge in [-0.2, -0.15) is 0 Å². The molecule has 0 bridgehead atoms. The summed E-state index contributed by atoms with van der Waals surface area (Å²) in [5, 5.41) is 7.14. The lowest BCUT2D eigenvalue weighted by Gasteiger charge is -2.25. The largest absolute Gasteiger partial charge is 0.456 e. The van der Waals surface area contributed by atoms with Crippen LogP contribution in [0.3, 0.4) is 0 Å². The molecular weight excluding hydrogens is 779 g/mol. The fraction of sp³-hybridized carbons (Fsp3) is 0. The Morgan fingerprint density at radius 3 is 1.33 bits per heavy atom. The summed E-state index contributed by atoms with van der Waals surface area (Å²) in [5.74, 6) is 0. The minimum atomic E-state index is 0.899. The summed E-state index contributed by atoms with van der Waals surface area (Å²) in [6.45, 7) is 0. The van der Waals surface area contributed by atoms with Crippen molar-refractivity contribution in [3.63, 3.8) is 0 Å². The van der Waals surface area contributed by atoms with E-state index in [1.54, 1.807) is 0 Å². The van der Waals surface area contributed by atoms with E-state index in [0.29, 0.717) is 0 Å². The Bertz CT molecular complexity index is 3840. The molecular formula is C60H39N3O. The molecule has 0 amide bonds. The highest BCUT2D eigenvalue weighted by Crippen LogP contribution is 2.41. The molecule has 0 aliphatic rings. The first-order chi connectivity index (χ1) is 31.7. The number of rotatable bonds is 7. The van der Waals surface area contributed by atoms with Crippen molar-refractivity contribution in [2.75, 3.05) is 4.90 Å². The molecule has 0 unspecified atom stereocenters. The van der Waals surface area contributed by atoms with Gasteiger partial charge in [0.2, 0.25) is 0 Å². The SMILES string of the molecule is c1ccc(N(c2ccccc2)c2ccc(-c3ccc4c(c3)c3cc(-c5ccc6c(c5)c5ccccc5n6-c5ccc6oc7ccccc7c6c5)ccc3n4-c3ccccc3)cc2)cc1. The zero-order valence-corrected chi connectivity index (χ0v) is 34.8. The molecule has 4 heteroatoms. The predicted molar refractivity (Wildman–Crippen MR) is 268 cm³/mol. The van der Waals surface area contributed by atoms with E-state index in [0.717, 1.165) is 50.4 Å². The predicted octanol–water partition coefficient (Wildman–Crippen LogP) is 16.6. The molecule has 0 aliphatic heterocycles. The molecule has 0 saturated heterocycles. The lowest BCUT2D eigenvalue weighted by atomic mass is 9.99. The molecule has 13 aromatic rings. The van der Waals surface area contributed by atoms with Crippen LogP contribution in [0.2, 0.25) is 0 Å². The van der Waals surface area contributed by atoms with Gasteiger partial charge in [-0.1, -0.05) is 121 Å². The molecule has 4 nitrogen and oxygen atoms in total. The lowest BCUT2D eigenvalue weighted by Crippen LogP contribution is -2.09. The van der Waals surface area contributed by atoms with Gasteiger partial charge in [-0.15, -0.1) is 0 Å². The summed E-state index contributed by atoms with van der Waals surface area (Å²) in [6.07, 6.45) is 0. The normalized spacial score (nSPS) is 11.8. The van der Waals surface area contributed by atoms with Gasteiger partial charge in [-0.3, -0.25) is 0 Å². The molecule has 0 spiro atoms. The Hall–Kier alpha value is -8.60. The minimum Gasteiger partial charge on any atom is -0.456 e. The van der Waals surface area contributed by atoms with Crippen LogP contribution < -0.4 is 4.90 Å². The Kier molecular flexibility index (Phi) is 8.18. The molecule has 0 atom stereocenters. The molecule has 0 fully saturated rings. The van der Waals surface area contributed by atoms with Crippen LogP contribution in [0.5, 0.6) is 0 Å². The fourth-order valence-electron chi connectivity index (χ4n) is 9.93. The van der Waals surface area contributed by atoms with Gasteiger partial charge in [0.25, 0.3) is 0 Å². The number of para-hydroxylation sites is 5. The van der Waals surface area contributed by atoms with Crippen LogP contribution in [0.4, 0.5) is 17.1 Å². The van der Waals surface area contributed by atoms with Crippen molar-refractivity contribution >= 4 is 82.6 Å². The molecule has 0 radical (unpaired) electrons. The molecule has 3 heterocycles. The fourth-order valence-corrected chi connectivity index (χ4v) is 9.93. The van der Waals surface area contributed by atoms with Crippen LogP contribution in [0.15, 0.2) is 241 Å². The standard InChI is InChI=1S/C60H39N3O/c1-4-14-44(15-5-1)61(45-16-6-2-7-17-45)47-29-24-40(25-30-47)41-26-32-57-52(36-41)53-38-43(28-34-58(53)62(57)46-18-8-3-9-19-46)42-27-33-56-51(37-42)49-20-10-12-22-55(49)63(56)48-31-35-60-54(39-48)50-21-11-13-23-59(50)64-60/h1-39H. The third-order valence-electron chi connectivity index (χ3n) is 12.9. The number of anilines is 3. The van der Waals surface area contributed by atoms with Gasteiger partial charge in [-0.05, 0) is 138 Å². The first-order valence-electron chi connectivity index (χ1n) is 21.8. The van der Waals surface area contributed by atoms with Gasteiger partial charge < -0.3 is 18.5 Å². The van der Waals surface area contributed by atoms with E-state index < -0.39 is 0 Å². The Morgan fingerprint density at radius 2 is 0.703 bits per heavy atom. The van der Waals surface area contributed by atoms with E-state index in [9.17, 15) is 0 Å². The van der Waals surface area contributed by atoms with Crippen LogP contribution in [0, 0.1) is 0 Å². The molecule has 0 saturated carbocycles. The highest BCUT2D eigenvalue weighted by Gasteiger charge is 2.19. The monoisotopic (exact) mass is 817 g/mol. The smallest absolute Gasteiger partial charge is 0.135 e. The first kappa shape index (κ1) is 36.1. The Morgan fingerprint density at radius 1 is 0.266 bits per heavy atom. The van der Waals surface area contributed by atoms with E-state index in [2.05, 4.69) is 238 Å². The quantitative estimate of drug-likeness (QED) is 0.160.